The molecular weight excluding hydrogens is 338 g/mol. The van der Waals surface area contributed by atoms with Crippen LogP contribution in [0.2, 0.25) is 5.02 Å². The number of halogens is 1. The van der Waals surface area contributed by atoms with Crippen molar-refractivity contribution >= 4 is 11.6 Å². The van der Waals surface area contributed by atoms with Crippen LogP contribution in [0, 0.1) is 0 Å². The summed E-state index contributed by atoms with van der Waals surface area (Å²) < 4.78 is 16.3. The molecule has 1 aromatic carbocycles. The molecule has 0 aliphatic heterocycles. The van der Waals surface area contributed by atoms with E-state index in [4.69, 9.17) is 25.6 Å². The van der Waals surface area contributed by atoms with Crippen molar-refractivity contribution in [1.82, 2.24) is 5.16 Å². The second-order valence-electron chi connectivity index (χ2n) is 6.05. The van der Waals surface area contributed by atoms with Crippen LogP contribution in [0.5, 0.6) is 11.5 Å². The molecule has 5 heteroatoms. The SMILES string of the molecule is CCc1noc(CC)c1CCCCCCOc1ccc(OC)cc1Cl. The maximum absolute atomic E-state index is 6.17. The van der Waals surface area contributed by atoms with Crippen molar-refractivity contribution in [2.45, 2.75) is 58.8 Å². The van der Waals surface area contributed by atoms with Gasteiger partial charge in [-0.05, 0) is 37.8 Å². The molecule has 0 amide bonds. The first-order valence-corrected chi connectivity index (χ1v) is 9.50. The number of rotatable bonds is 11. The molecule has 0 N–H and O–H groups in total. The van der Waals surface area contributed by atoms with Crippen LogP contribution in [-0.2, 0) is 19.3 Å². The molecule has 4 nitrogen and oxygen atoms in total. The van der Waals surface area contributed by atoms with Gasteiger partial charge in [0.05, 0.1) is 24.4 Å². The molecule has 2 rings (SSSR count). The number of hydrogen-bond donors (Lipinski definition) is 0. The lowest BCUT2D eigenvalue weighted by atomic mass is 10.0. The van der Waals surface area contributed by atoms with Crippen molar-refractivity contribution in [2.75, 3.05) is 13.7 Å². The fourth-order valence-corrected chi connectivity index (χ4v) is 3.11. The molecule has 1 aromatic heterocycles. The summed E-state index contributed by atoms with van der Waals surface area (Å²) in [4.78, 5) is 0. The Morgan fingerprint density at radius 1 is 1.08 bits per heavy atom. The van der Waals surface area contributed by atoms with Gasteiger partial charge in [-0.1, -0.05) is 43.4 Å². The van der Waals surface area contributed by atoms with Gasteiger partial charge in [0.2, 0.25) is 0 Å². The average Bonchev–Trinajstić information content (AvgIpc) is 3.03. The third-order valence-electron chi connectivity index (χ3n) is 4.32. The Morgan fingerprint density at radius 3 is 2.56 bits per heavy atom. The minimum Gasteiger partial charge on any atom is -0.497 e. The highest BCUT2D eigenvalue weighted by atomic mass is 35.5. The fourth-order valence-electron chi connectivity index (χ4n) is 2.89. The van der Waals surface area contributed by atoms with Gasteiger partial charge >= 0.3 is 0 Å². The minimum absolute atomic E-state index is 0.589. The van der Waals surface area contributed by atoms with Crippen molar-refractivity contribution in [3.05, 3.63) is 40.2 Å². The lowest BCUT2D eigenvalue weighted by Gasteiger charge is -2.09. The normalized spacial score (nSPS) is 10.9. The van der Waals surface area contributed by atoms with Gasteiger partial charge in [-0.15, -0.1) is 0 Å². The molecule has 25 heavy (non-hydrogen) atoms. The first-order chi connectivity index (χ1) is 12.2. The van der Waals surface area contributed by atoms with Crippen molar-refractivity contribution in [2.24, 2.45) is 0 Å². The van der Waals surface area contributed by atoms with Crippen LogP contribution in [0.4, 0.5) is 0 Å². The summed E-state index contributed by atoms with van der Waals surface area (Å²) in [5.74, 6) is 2.51. The molecule has 0 aliphatic rings. The van der Waals surface area contributed by atoms with Gasteiger partial charge < -0.3 is 14.0 Å². The van der Waals surface area contributed by atoms with E-state index in [1.807, 2.05) is 12.1 Å². The van der Waals surface area contributed by atoms with Crippen LogP contribution in [0.3, 0.4) is 0 Å². The van der Waals surface area contributed by atoms with Crippen LogP contribution >= 0.6 is 11.6 Å². The van der Waals surface area contributed by atoms with E-state index in [2.05, 4.69) is 19.0 Å². The zero-order chi connectivity index (χ0) is 18.1. The number of nitrogens with zero attached hydrogens (tertiary/aromatic N) is 1. The zero-order valence-electron chi connectivity index (χ0n) is 15.4. The highest BCUT2D eigenvalue weighted by Gasteiger charge is 2.12. The lowest BCUT2D eigenvalue weighted by Crippen LogP contribution is -1.99. The molecule has 0 atom stereocenters. The largest absolute Gasteiger partial charge is 0.497 e. The maximum Gasteiger partial charge on any atom is 0.139 e. The Hall–Kier alpha value is -1.68. The summed E-state index contributed by atoms with van der Waals surface area (Å²) in [7, 11) is 1.62. The monoisotopic (exact) mass is 365 g/mol. The number of methoxy groups -OCH3 is 1. The Labute approximate surface area is 155 Å². The van der Waals surface area contributed by atoms with Gasteiger partial charge in [-0.2, -0.15) is 0 Å². The van der Waals surface area contributed by atoms with Crippen LogP contribution in [-0.4, -0.2) is 18.9 Å². The molecule has 1 heterocycles. The topological polar surface area (TPSA) is 44.5 Å². The summed E-state index contributed by atoms with van der Waals surface area (Å²) >= 11 is 6.17. The van der Waals surface area contributed by atoms with E-state index >= 15 is 0 Å². The third-order valence-corrected chi connectivity index (χ3v) is 4.62. The van der Waals surface area contributed by atoms with Crippen LogP contribution in [0.1, 0.15) is 56.5 Å². The highest BCUT2D eigenvalue weighted by Crippen LogP contribution is 2.28. The lowest BCUT2D eigenvalue weighted by molar-refractivity contribution is 0.304. The summed E-state index contributed by atoms with van der Waals surface area (Å²) in [5.41, 5.74) is 2.44. The zero-order valence-corrected chi connectivity index (χ0v) is 16.2. The van der Waals surface area contributed by atoms with E-state index in [9.17, 15) is 0 Å². The summed E-state index contributed by atoms with van der Waals surface area (Å²) in [5, 5.41) is 4.76. The molecule has 2 aromatic rings. The second-order valence-corrected chi connectivity index (χ2v) is 6.45. The van der Waals surface area contributed by atoms with Gasteiger partial charge in [0.25, 0.3) is 0 Å². The van der Waals surface area contributed by atoms with Crippen molar-refractivity contribution in [3.63, 3.8) is 0 Å². The third kappa shape index (κ3) is 5.67. The number of benzene rings is 1. The van der Waals surface area contributed by atoms with E-state index in [0.717, 1.165) is 55.7 Å². The maximum atomic E-state index is 6.17. The first kappa shape index (κ1) is 19.6. The predicted octanol–water partition coefficient (Wildman–Crippen LogP) is 5.64. The van der Waals surface area contributed by atoms with Gasteiger partial charge in [0.15, 0.2) is 0 Å². The molecule has 138 valence electrons. The quantitative estimate of drug-likeness (QED) is 0.483. The van der Waals surface area contributed by atoms with E-state index in [0.29, 0.717) is 17.4 Å². The number of aryl methyl sites for hydroxylation is 2. The van der Waals surface area contributed by atoms with Crippen LogP contribution < -0.4 is 9.47 Å². The number of ether oxygens (including phenoxy) is 2. The predicted molar refractivity (Wildman–Crippen MR) is 101 cm³/mol. The molecular formula is C20H28ClNO3. The van der Waals surface area contributed by atoms with Crippen LogP contribution in [0.15, 0.2) is 22.7 Å². The number of aromatic nitrogens is 1. The Balaban J connectivity index is 1.65. The molecule has 0 radical (unpaired) electrons. The Kier molecular flexibility index (Phi) is 8.13. The van der Waals surface area contributed by atoms with Gasteiger partial charge in [-0.3, -0.25) is 0 Å². The highest BCUT2D eigenvalue weighted by molar-refractivity contribution is 6.32. The Morgan fingerprint density at radius 2 is 1.88 bits per heavy atom. The molecule has 0 unspecified atom stereocenters. The van der Waals surface area contributed by atoms with Crippen molar-refractivity contribution in [3.8, 4) is 11.5 Å². The van der Waals surface area contributed by atoms with Crippen molar-refractivity contribution in [1.29, 1.82) is 0 Å². The second kappa shape index (κ2) is 10.3. The van der Waals surface area contributed by atoms with E-state index in [1.54, 1.807) is 13.2 Å². The summed E-state index contributed by atoms with van der Waals surface area (Å²) in [6, 6.07) is 5.48. The Bertz CT molecular complexity index is 633. The fraction of sp³-hybridized carbons (Fsp3) is 0.550. The molecule has 0 fully saturated rings. The molecule has 0 saturated heterocycles. The summed E-state index contributed by atoms with van der Waals surface area (Å²) in [6.07, 6.45) is 7.41. The first-order valence-electron chi connectivity index (χ1n) is 9.12. The van der Waals surface area contributed by atoms with Crippen LogP contribution in [0.25, 0.3) is 0 Å². The van der Waals surface area contributed by atoms with Gasteiger partial charge in [0, 0.05) is 18.1 Å². The van der Waals surface area contributed by atoms with E-state index in [-0.39, 0.29) is 0 Å². The van der Waals surface area contributed by atoms with E-state index < -0.39 is 0 Å². The number of unbranched alkanes of at least 4 members (excludes halogenated alkanes) is 3. The molecule has 0 spiro atoms. The van der Waals surface area contributed by atoms with Gasteiger partial charge in [-0.25, -0.2) is 0 Å². The molecule has 0 saturated carbocycles. The number of hydrogen-bond acceptors (Lipinski definition) is 4. The average molecular weight is 366 g/mol. The van der Waals surface area contributed by atoms with Gasteiger partial charge in [0.1, 0.15) is 17.3 Å². The smallest absolute Gasteiger partial charge is 0.139 e. The minimum atomic E-state index is 0.589. The molecule has 0 aliphatic carbocycles. The summed E-state index contributed by atoms with van der Waals surface area (Å²) in [6.45, 7) is 4.92. The van der Waals surface area contributed by atoms with Crippen molar-refractivity contribution < 1.29 is 14.0 Å². The standard InChI is InChI=1S/C20H28ClNO3/c1-4-18-16(19(5-2)25-22-18)10-8-6-7-9-13-24-20-12-11-15(23-3)14-17(20)21/h11-12,14H,4-10,13H2,1-3H3. The van der Waals surface area contributed by atoms with E-state index in [1.165, 1.54) is 12.0 Å². The molecule has 0 bridgehead atoms.